The molecule has 0 aliphatic carbocycles. The van der Waals surface area contributed by atoms with Crippen molar-refractivity contribution in [3.05, 3.63) is 64.6 Å². The fourth-order valence-corrected chi connectivity index (χ4v) is 4.81. The van der Waals surface area contributed by atoms with E-state index in [1.54, 1.807) is 0 Å². The molecule has 138 valence electrons. The molecule has 2 aromatic carbocycles. The van der Waals surface area contributed by atoms with Crippen LogP contribution in [0.3, 0.4) is 0 Å². The Morgan fingerprint density at radius 1 is 0.808 bits per heavy atom. The fraction of sp³-hybridized carbons (Fsp3) is 0.417. The number of para-hydroxylation sites is 2. The summed E-state index contributed by atoms with van der Waals surface area (Å²) < 4.78 is 0. The molecule has 0 bridgehead atoms. The van der Waals surface area contributed by atoms with Crippen LogP contribution >= 0.6 is 11.8 Å². The number of rotatable bonds is 8. The number of unbranched alkanes of at least 4 members (excludes halogenated alkanes) is 5. The van der Waals surface area contributed by atoms with Crippen molar-refractivity contribution in [3.8, 4) is 0 Å². The molecule has 0 atom stereocenters. The SMILES string of the molecule is CCCCCCCCSC(C)=C1c2ccccc2N(C)c2ccccc21. The highest BCUT2D eigenvalue weighted by atomic mass is 32.2. The molecule has 2 heteroatoms. The number of anilines is 2. The highest BCUT2D eigenvalue weighted by Gasteiger charge is 2.24. The second kappa shape index (κ2) is 9.32. The zero-order chi connectivity index (χ0) is 18.4. The summed E-state index contributed by atoms with van der Waals surface area (Å²) in [4.78, 5) is 3.77. The zero-order valence-corrected chi connectivity index (χ0v) is 17.2. The summed E-state index contributed by atoms with van der Waals surface area (Å²) in [6.07, 6.45) is 8.19. The lowest BCUT2D eigenvalue weighted by Crippen LogP contribution is -2.18. The van der Waals surface area contributed by atoms with Crippen molar-refractivity contribution in [1.29, 1.82) is 0 Å². The van der Waals surface area contributed by atoms with Gasteiger partial charge in [-0.2, -0.15) is 0 Å². The molecule has 1 nitrogen and oxygen atoms in total. The Balaban J connectivity index is 1.78. The minimum atomic E-state index is 1.22. The molecule has 0 fully saturated rings. The van der Waals surface area contributed by atoms with E-state index < -0.39 is 0 Å². The standard InChI is InChI=1S/C24H31NS/c1-4-5-6-7-8-13-18-26-19(2)24-20-14-9-11-16-22(20)25(3)23-17-12-10-15-21(23)24/h9-12,14-17H,4-8,13,18H2,1-3H3. The monoisotopic (exact) mass is 365 g/mol. The van der Waals surface area contributed by atoms with Gasteiger partial charge in [0.15, 0.2) is 0 Å². The molecule has 0 aromatic heterocycles. The van der Waals surface area contributed by atoms with Gasteiger partial charge < -0.3 is 4.90 Å². The Morgan fingerprint density at radius 3 is 1.96 bits per heavy atom. The van der Waals surface area contributed by atoms with E-state index in [1.165, 1.54) is 77.3 Å². The number of nitrogens with zero attached hydrogens (tertiary/aromatic N) is 1. The average Bonchev–Trinajstić information content (AvgIpc) is 2.67. The van der Waals surface area contributed by atoms with Crippen LogP contribution in [0.15, 0.2) is 53.4 Å². The van der Waals surface area contributed by atoms with E-state index in [-0.39, 0.29) is 0 Å². The lowest BCUT2D eigenvalue weighted by atomic mass is 9.90. The van der Waals surface area contributed by atoms with Gasteiger partial charge in [-0.3, -0.25) is 0 Å². The van der Waals surface area contributed by atoms with Gasteiger partial charge in [-0.1, -0.05) is 75.4 Å². The third kappa shape index (κ3) is 4.17. The maximum atomic E-state index is 2.32. The summed E-state index contributed by atoms with van der Waals surface area (Å²) >= 11 is 2.04. The van der Waals surface area contributed by atoms with Crippen molar-refractivity contribution in [2.45, 2.75) is 52.4 Å². The minimum Gasteiger partial charge on any atom is -0.344 e. The third-order valence-corrected chi connectivity index (χ3v) is 6.37. The predicted octanol–water partition coefficient (Wildman–Crippen LogP) is 7.64. The summed E-state index contributed by atoms with van der Waals surface area (Å²) in [5.74, 6) is 1.22. The Bertz CT molecular complexity index is 713. The normalized spacial score (nSPS) is 12.7. The summed E-state index contributed by atoms with van der Waals surface area (Å²) in [5, 5.41) is 0. The molecule has 0 radical (unpaired) electrons. The molecule has 1 aliphatic heterocycles. The van der Waals surface area contributed by atoms with E-state index in [4.69, 9.17) is 0 Å². The summed E-state index contributed by atoms with van der Waals surface area (Å²) in [6.45, 7) is 4.58. The lowest BCUT2D eigenvalue weighted by Gasteiger charge is -2.32. The smallest absolute Gasteiger partial charge is 0.0488 e. The maximum absolute atomic E-state index is 2.32. The summed E-state index contributed by atoms with van der Waals surface area (Å²) in [6, 6.07) is 17.6. The van der Waals surface area contributed by atoms with Crippen molar-refractivity contribution in [2.24, 2.45) is 0 Å². The molecule has 0 unspecified atom stereocenters. The van der Waals surface area contributed by atoms with Gasteiger partial charge in [0.25, 0.3) is 0 Å². The van der Waals surface area contributed by atoms with Crippen LogP contribution in [0.1, 0.15) is 63.5 Å². The number of hydrogen-bond acceptors (Lipinski definition) is 2. The van der Waals surface area contributed by atoms with Crippen LogP contribution in [-0.2, 0) is 0 Å². The number of hydrogen-bond donors (Lipinski definition) is 0. The van der Waals surface area contributed by atoms with E-state index >= 15 is 0 Å². The molecule has 2 aromatic rings. The molecule has 0 spiro atoms. The van der Waals surface area contributed by atoms with Crippen LogP contribution < -0.4 is 4.90 Å². The lowest BCUT2D eigenvalue weighted by molar-refractivity contribution is 0.627. The second-order valence-corrected chi connectivity index (χ2v) is 8.45. The van der Waals surface area contributed by atoms with Gasteiger partial charge in [0.05, 0.1) is 0 Å². The molecule has 0 saturated heterocycles. The second-order valence-electron chi connectivity index (χ2n) is 7.14. The first-order chi connectivity index (χ1) is 12.7. The Labute approximate surface area is 163 Å². The summed E-state index contributed by atoms with van der Waals surface area (Å²) in [5.41, 5.74) is 6.76. The molecule has 0 amide bonds. The van der Waals surface area contributed by atoms with E-state index in [1.807, 2.05) is 11.8 Å². The van der Waals surface area contributed by atoms with Gasteiger partial charge in [0.1, 0.15) is 0 Å². The molecule has 1 aliphatic rings. The first-order valence-electron chi connectivity index (χ1n) is 10.00. The van der Waals surface area contributed by atoms with E-state index in [0.29, 0.717) is 0 Å². The molecule has 3 rings (SSSR count). The largest absolute Gasteiger partial charge is 0.344 e. The topological polar surface area (TPSA) is 3.24 Å². The van der Waals surface area contributed by atoms with Crippen LogP contribution in [0.5, 0.6) is 0 Å². The summed E-state index contributed by atoms with van der Waals surface area (Å²) in [7, 11) is 2.17. The zero-order valence-electron chi connectivity index (χ0n) is 16.4. The van der Waals surface area contributed by atoms with Crippen molar-refractivity contribution < 1.29 is 0 Å². The highest BCUT2D eigenvalue weighted by Crippen LogP contribution is 2.46. The maximum Gasteiger partial charge on any atom is 0.0488 e. The van der Waals surface area contributed by atoms with Crippen molar-refractivity contribution >= 4 is 28.7 Å². The number of allylic oxidation sites excluding steroid dienone is 1. The number of benzene rings is 2. The van der Waals surface area contributed by atoms with Crippen LogP contribution in [0.25, 0.3) is 5.57 Å². The van der Waals surface area contributed by atoms with Gasteiger partial charge >= 0.3 is 0 Å². The van der Waals surface area contributed by atoms with Gasteiger partial charge in [0, 0.05) is 35.1 Å². The molecule has 0 N–H and O–H groups in total. The first kappa shape index (κ1) is 19.1. The van der Waals surface area contributed by atoms with Gasteiger partial charge in [0.2, 0.25) is 0 Å². The van der Waals surface area contributed by atoms with Gasteiger partial charge in [-0.25, -0.2) is 0 Å². The minimum absolute atomic E-state index is 1.22. The van der Waals surface area contributed by atoms with E-state index in [0.717, 1.165) is 0 Å². The van der Waals surface area contributed by atoms with Crippen molar-refractivity contribution in [3.63, 3.8) is 0 Å². The van der Waals surface area contributed by atoms with Crippen molar-refractivity contribution in [2.75, 3.05) is 17.7 Å². The number of thioether (sulfide) groups is 1. The molecular weight excluding hydrogens is 334 g/mol. The first-order valence-corrected chi connectivity index (χ1v) is 11.0. The molecular formula is C24H31NS. The van der Waals surface area contributed by atoms with Crippen molar-refractivity contribution in [1.82, 2.24) is 0 Å². The highest BCUT2D eigenvalue weighted by molar-refractivity contribution is 8.03. The van der Waals surface area contributed by atoms with E-state index in [9.17, 15) is 0 Å². The van der Waals surface area contributed by atoms with Gasteiger partial charge in [-0.05, 0) is 36.1 Å². The fourth-order valence-electron chi connectivity index (χ4n) is 3.79. The molecule has 0 saturated carbocycles. The van der Waals surface area contributed by atoms with E-state index in [2.05, 4.69) is 74.3 Å². The number of fused-ring (bicyclic) bond motifs is 2. The molecule has 1 heterocycles. The predicted molar refractivity (Wildman–Crippen MR) is 118 cm³/mol. The van der Waals surface area contributed by atoms with Crippen LogP contribution in [0.4, 0.5) is 11.4 Å². The Morgan fingerprint density at radius 2 is 1.35 bits per heavy atom. The Hall–Kier alpha value is -1.67. The molecule has 26 heavy (non-hydrogen) atoms. The van der Waals surface area contributed by atoms with Crippen LogP contribution in [0, 0.1) is 0 Å². The van der Waals surface area contributed by atoms with Crippen LogP contribution in [0.2, 0.25) is 0 Å². The Kier molecular flexibility index (Phi) is 6.85. The van der Waals surface area contributed by atoms with Gasteiger partial charge in [-0.15, -0.1) is 11.8 Å². The third-order valence-electron chi connectivity index (χ3n) is 5.24. The van der Waals surface area contributed by atoms with Crippen LogP contribution in [-0.4, -0.2) is 12.8 Å². The quantitative estimate of drug-likeness (QED) is 0.442. The average molecular weight is 366 g/mol.